The first kappa shape index (κ1) is 16.2. The first-order valence-corrected chi connectivity index (χ1v) is 7.49. The number of methoxy groups -OCH3 is 1. The zero-order valence-electron chi connectivity index (χ0n) is 13.2. The van der Waals surface area contributed by atoms with Gasteiger partial charge in [0.2, 0.25) is 0 Å². The lowest BCUT2D eigenvalue weighted by Crippen LogP contribution is -2.60. The molecule has 0 saturated heterocycles. The molecule has 3 N–H and O–H groups in total. The number of halogens is 1. The van der Waals surface area contributed by atoms with E-state index in [1.165, 1.54) is 20.0 Å². The molecule has 21 heavy (non-hydrogen) atoms. The first-order valence-electron chi connectivity index (χ1n) is 7.49. The van der Waals surface area contributed by atoms with Gasteiger partial charge in [0.15, 0.2) is 11.6 Å². The van der Waals surface area contributed by atoms with E-state index in [1.54, 1.807) is 12.1 Å². The van der Waals surface area contributed by atoms with Crippen molar-refractivity contribution in [2.45, 2.75) is 43.7 Å². The van der Waals surface area contributed by atoms with Crippen molar-refractivity contribution in [2.24, 2.45) is 5.84 Å². The second-order valence-electron chi connectivity index (χ2n) is 6.10. The van der Waals surface area contributed by atoms with Crippen LogP contribution >= 0.6 is 0 Å². The average Bonchev–Trinajstić information content (AvgIpc) is 2.95. The summed E-state index contributed by atoms with van der Waals surface area (Å²) in [5, 5.41) is 0. The Kier molecular flexibility index (Phi) is 5.19. The fourth-order valence-electron chi connectivity index (χ4n) is 3.57. The largest absolute Gasteiger partial charge is 0.494 e. The van der Waals surface area contributed by atoms with Crippen LogP contribution in [0.15, 0.2) is 18.2 Å². The number of hydrogen-bond acceptors (Lipinski definition) is 4. The molecule has 0 amide bonds. The molecule has 1 atom stereocenters. The maximum absolute atomic E-state index is 13.8. The van der Waals surface area contributed by atoms with E-state index < -0.39 is 0 Å². The summed E-state index contributed by atoms with van der Waals surface area (Å²) in [5.41, 5.74) is 3.95. The van der Waals surface area contributed by atoms with Crippen LogP contribution in [0.4, 0.5) is 4.39 Å². The SMILES string of the molecule is COc1ccc(CC(NN)C2(N(C)C)CCCC2)cc1F. The molecule has 0 radical (unpaired) electrons. The molecule has 0 spiro atoms. The number of benzene rings is 1. The number of hydrogen-bond donors (Lipinski definition) is 2. The molecule has 5 heteroatoms. The van der Waals surface area contributed by atoms with Gasteiger partial charge in [-0.25, -0.2) is 4.39 Å². The maximum Gasteiger partial charge on any atom is 0.165 e. The smallest absolute Gasteiger partial charge is 0.165 e. The lowest BCUT2D eigenvalue weighted by Gasteiger charge is -2.43. The van der Waals surface area contributed by atoms with Crippen LogP contribution < -0.4 is 16.0 Å². The van der Waals surface area contributed by atoms with Gasteiger partial charge in [-0.15, -0.1) is 0 Å². The first-order chi connectivity index (χ1) is 10.0. The molecule has 0 aromatic heterocycles. The summed E-state index contributed by atoms with van der Waals surface area (Å²) in [6, 6.07) is 5.23. The molecule has 0 heterocycles. The van der Waals surface area contributed by atoms with E-state index in [2.05, 4.69) is 24.4 Å². The number of nitrogens with zero attached hydrogens (tertiary/aromatic N) is 1. The predicted molar refractivity (Wildman–Crippen MR) is 82.7 cm³/mol. The van der Waals surface area contributed by atoms with Gasteiger partial charge >= 0.3 is 0 Å². The van der Waals surface area contributed by atoms with E-state index in [4.69, 9.17) is 10.6 Å². The lowest BCUT2D eigenvalue weighted by atomic mass is 9.83. The van der Waals surface area contributed by atoms with Gasteiger partial charge in [-0.1, -0.05) is 18.9 Å². The van der Waals surface area contributed by atoms with E-state index in [9.17, 15) is 4.39 Å². The van der Waals surface area contributed by atoms with Crippen molar-refractivity contribution in [2.75, 3.05) is 21.2 Å². The summed E-state index contributed by atoms with van der Waals surface area (Å²) in [5.74, 6) is 5.78. The molecule has 118 valence electrons. The second kappa shape index (κ2) is 6.73. The normalized spacial score (nSPS) is 19.0. The molecule has 4 nitrogen and oxygen atoms in total. The number of nitrogens with one attached hydrogen (secondary N) is 1. The van der Waals surface area contributed by atoms with Crippen LogP contribution in [-0.4, -0.2) is 37.7 Å². The highest BCUT2D eigenvalue weighted by Crippen LogP contribution is 2.37. The van der Waals surface area contributed by atoms with Crippen molar-refractivity contribution in [1.82, 2.24) is 10.3 Å². The van der Waals surface area contributed by atoms with E-state index >= 15 is 0 Å². The highest BCUT2D eigenvalue weighted by molar-refractivity contribution is 5.30. The molecule has 1 aromatic carbocycles. The minimum atomic E-state index is -0.323. The molecule has 1 aliphatic carbocycles. The van der Waals surface area contributed by atoms with Gasteiger partial charge in [0.1, 0.15) is 0 Å². The number of rotatable bonds is 6. The van der Waals surface area contributed by atoms with Crippen LogP contribution in [0.25, 0.3) is 0 Å². The third-order valence-corrected chi connectivity index (χ3v) is 4.87. The van der Waals surface area contributed by atoms with Crippen molar-refractivity contribution in [3.8, 4) is 5.75 Å². The molecule has 1 unspecified atom stereocenters. The topological polar surface area (TPSA) is 50.5 Å². The fraction of sp³-hybridized carbons (Fsp3) is 0.625. The Morgan fingerprint density at radius 2 is 2.05 bits per heavy atom. The minimum Gasteiger partial charge on any atom is -0.494 e. The summed E-state index contributed by atoms with van der Waals surface area (Å²) >= 11 is 0. The summed E-state index contributed by atoms with van der Waals surface area (Å²) in [7, 11) is 5.68. The van der Waals surface area contributed by atoms with Crippen molar-refractivity contribution in [3.63, 3.8) is 0 Å². The van der Waals surface area contributed by atoms with E-state index in [0.29, 0.717) is 6.42 Å². The van der Waals surface area contributed by atoms with E-state index in [1.807, 2.05) is 6.07 Å². The van der Waals surface area contributed by atoms with Crippen molar-refractivity contribution >= 4 is 0 Å². The highest BCUT2D eigenvalue weighted by Gasteiger charge is 2.42. The van der Waals surface area contributed by atoms with Gasteiger partial charge in [0.05, 0.1) is 7.11 Å². The summed E-state index contributed by atoms with van der Waals surface area (Å²) in [4.78, 5) is 2.27. The van der Waals surface area contributed by atoms with Gasteiger partial charge in [-0.2, -0.15) is 0 Å². The summed E-state index contributed by atoms with van der Waals surface area (Å²) in [6.45, 7) is 0. The average molecular weight is 295 g/mol. The van der Waals surface area contributed by atoms with Crippen molar-refractivity contribution < 1.29 is 9.13 Å². The Hall–Kier alpha value is -1.17. The third kappa shape index (κ3) is 3.20. The predicted octanol–water partition coefficient (Wildman–Crippen LogP) is 2.08. The van der Waals surface area contributed by atoms with Crippen LogP contribution in [0.2, 0.25) is 0 Å². The number of hydrazine groups is 1. The molecule has 1 saturated carbocycles. The number of nitrogens with two attached hydrogens (primary N) is 1. The molecule has 1 aliphatic rings. The van der Waals surface area contributed by atoms with Gasteiger partial charge in [-0.05, 0) is 51.1 Å². The molecule has 0 aliphatic heterocycles. The Morgan fingerprint density at radius 3 is 2.52 bits per heavy atom. The van der Waals surface area contributed by atoms with Gasteiger partial charge < -0.3 is 9.64 Å². The molecule has 1 fully saturated rings. The molecular weight excluding hydrogens is 269 g/mol. The maximum atomic E-state index is 13.8. The number of likely N-dealkylation sites (N-methyl/N-ethyl adjacent to an activating group) is 1. The number of ether oxygens (including phenoxy) is 1. The third-order valence-electron chi connectivity index (χ3n) is 4.87. The van der Waals surface area contributed by atoms with Crippen LogP contribution in [0.3, 0.4) is 0 Å². The Balaban J connectivity index is 2.20. The quantitative estimate of drug-likeness (QED) is 0.623. The van der Waals surface area contributed by atoms with Crippen molar-refractivity contribution in [3.05, 3.63) is 29.6 Å². The second-order valence-corrected chi connectivity index (χ2v) is 6.10. The zero-order valence-corrected chi connectivity index (χ0v) is 13.2. The van der Waals surface area contributed by atoms with Gasteiger partial charge in [-0.3, -0.25) is 11.3 Å². The Labute approximate surface area is 126 Å². The van der Waals surface area contributed by atoms with Crippen molar-refractivity contribution in [1.29, 1.82) is 0 Å². The van der Waals surface area contributed by atoms with E-state index in [0.717, 1.165) is 18.4 Å². The molecular formula is C16H26FN3O. The fourth-order valence-corrected chi connectivity index (χ4v) is 3.57. The lowest BCUT2D eigenvalue weighted by molar-refractivity contribution is 0.104. The summed E-state index contributed by atoms with van der Waals surface area (Å²) in [6.07, 6.45) is 5.37. The Morgan fingerprint density at radius 1 is 1.38 bits per heavy atom. The van der Waals surface area contributed by atoms with Gasteiger partial charge in [0, 0.05) is 11.6 Å². The minimum absolute atomic E-state index is 0.0468. The van der Waals surface area contributed by atoms with Crippen LogP contribution in [0, 0.1) is 5.82 Å². The van der Waals surface area contributed by atoms with Gasteiger partial charge in [0.25, 0.3) is 0 Å². The standard InChI is InChI=1S/C16H26FN3O/c1-20(2)16(8-4-5-9-16)15(19-18)11-12-6-7-14(21-3)13(17)10-12/h6-7,10,15,19H,4-5,8-9,11,18H2,1-3H3. The Bertz CT molecular complexity index is 473. The molecule has 1 aromatic rings. The zero-order chi connectivity index (χ0) is 15.5. The molecule has 2 rings (SSSR count). The summed E-state index contributed by atoms with van der Waals surface area (Å²) < 4.78 is 18.8. The highest BCUT2D eigenvalue weighted by atomic mass is 19.1. The van der Waals surface area contributed by atoms with Crippen LogP contribution in [0.1, 0.15) is 31.2 Å². The molecule has 0 bridgehead atoms. The van der Waals surface area contributed by atoms with E-state index in [-0.39, 0.29) is 23.1 Å². The van der Waals surface area contributed by atoms with Crippen LogP contribution in [0.5, 0.6) is 5.75 Å². The van der Waals surface area contributed by atoms with Crippen LogP contribution in [-0.2, 0) is 6.42 Å². The monoisotopic (exact) mass is 295 g/mol.